The van der Waals surface area contributed by atoms with Crippen LogP contribution in [0.4, 0.5) is 23.2 Å². The van der Waals surface area contributed by atoms with Gasteiger partial charge in [-0.1, -0.05) is 18.2 Å². The van der Waals surface area contributed by atoms with Crippen molar-refractivity contribution >= 4 is 11.6 Å². The summed E-state index contributed by atoms with van der Waals surface area (Å²) in [5.41, 5.74) is -0.0382. The van der Waals surface area contributed by atoms with E-state index in [1.165, 1.54) is 24.3 Å². The van der Waals surface area contributed by atoms with Crippen molar-refractivity contribution in [2.75, 3.05) is 12.4 Å². The minimum absolute atomic E-state index is 0.0382. The third-order valence-corrected chi connectivity index (χ3v) is 3.03. The molecule has 8 heteroatoms. The summed E-state index contributed by atoms with van der Waals surface area (Å²) in [7, 11) is 0.462. The van der Waals surface area contributed by atoms with Gasteiger partial charge in [-0.2, -0.15) is 17.6 Å². The average molecular weight is 343 g/mol. The zero-order valence-corrected chi connectivity index (χ0v) is 12.4. The molecule has 0 saturated carbocycles. The van der Waals surface area contributed by atoms with Crippen molar-refractivity contribution in [3.8, 4) is 11.5 Å². The highest BCUT2D eigenvalue weighted by molar-refractivity contribution is 5.96. The van der Waals surface area contributed by atoms with Crippen LogP contribution in [0.5, 0.6) is 11.5 Å². The van der Waals surface area contributed by atoms with Crippen LogP contribution in [0, 0.1) is 0 Å². The Morgan fingerprint density at radius 2 is 1.46 bits per heavy atom. The number of methoxy groups -OCH3 is 1. The van der Waals surface area contributed by atoms with Crippen molar-refractivity contribution in [3.05, 3.63) is 54.6 Å². The Hall–Kier alpha value is -2.61. The number of para-hydroxylation sites is 1. The van der Waals surface area contributed by atoms with Crippen LogP contribution in [0.15, 0.2) is 54.6 Å². The Bertz CT molecular complexity index is 689. The number of carbonyl (C=O) groups excluding carboxylic acids is 1. The molecule has 0 aromatic heterocycles. The maximum Gasteiger partial charge on any atom is 0.458 e. The highest BCUT2D eigenvalue weighted by Crippen LogP contribution is 2.35. The molecule has 2 rings (SSSR count). The van der Waals surface area contributed by atoms with Gasteiger partial charge in [0.25, 0.3) is 5.91 Å². The summed E-state index contributed by atoms with van der Waals surface area (Å²) in [6.45, 7) is 0. The summed E-state index contributed by atoms with van der Waals surface area (Å²) in [4.78, 5) is 11.5. The first-order valence-corrected chi connectivity index (χ1v) is 6.71. The number of alkyl halides is 4. The SMILES string of the molecule is CO[C@](F)(C(=O)Nc1ccc(Oc2ccccc2)cc1)C(F)(F)F. The maximum atomic E-state index is 13.7. The third kappa shape index (κ3) is 3.83. The second-order valence-corrected chi connectivity index (χ2v) is 4.69. The molecule has 2 aromatic rings. The zero-order valence-electron chi connectivity index (χ0n) is 12.4. The molecule has 0 bridgehead atoms. The third-order valence-electron chi connectivity index (χ3n) is 3.03. The first-order valence-electron chi connectivity index (χ1n) is 6.71. The molecule has 2 aromatic carbocycles. The molecule has 0 aliphatic rings. The van der Waals surface area contributed by atoms with E-state index in [0.717, 1.165) is 0 Å². The van der Waals surface area contributed by atoms with Gasteiger partial charge in [-0.15, -0.1) is 0 Å². The van der Waals surface area contributed by atoms with Gasteiger partial charge in [0.15, 0.2) is 0 Å². The molecule has 0 fully saturated rings. The monoisotopic (exact) mass is 343 g/mol. The average Bonchev–Trinajstić information content (AvgIpc) is 2.55. The molecule has 0 radical (unpaired) electrons. The number of nitrogens with one attached hydrogen (secondary N) is 1. The molecular weight excluding hydrogens is 330 g/mol. The van der Waals surface area contributed by atoms with E-state index in [-0.39, 0.29) is 5.69 Å². The van der Waals surface area contributed by atoms with Gasteiger partial charge in [-0.05, 0) is 36.4 Å². The second-order valence-electron chi connectivity index (χ2n) is 4.69. The minimum atomic E-state index is -5.50. The number of carbonyl (C=O) groups is 1. The van der Waals surface area contributed by atoms with E-state index in [4.69, 9.17) is 4.74 Å². The summed E-state index contributed by atoms with van der Waals surface area (Å²) in [6, 6.07) is 14.2. The van der Waals surface area contributed by atoms with Crippen molar-refractivity contribution in [2.24, 2.45) is 0 Å². The lowest BCUT2D eigenvalue weighted by Crippen LogP contribution is -2.52. The van der Waals surface area contributed by atoms with Gasteiger partial charge in [0.05, 0.1) is 0 Å². The van der Waals surface area contributed by atoms with Crippen LogP contribution in [-0.4, -0.2) is 25.0 Å². The van der Waals surface area contributed by atoms with Crippen LogP contribution < -0.4 is 10.1 Å². The Morgan fingerprint density at radius 1 is 0.917 bits per heavy atom. The van der Waals surface area contributed by atoms with Gasteiger partial charge in [0, 0.05) is 12.8 Å². The van der Waals surface area contributed by atoms with Gasteiger partial charge in [0.2, 0.25) is 0 Å². The molecule has 1 amide bonds. The molecular formula is C16H13F4NO3. The molecule has 0 aliphatic carbocycles. The van der Waals surface area contributed by atoms with Crippen LogP contribution in [0.2, 0.25) is 0 Å². The molecule has 0 spiro atoms. The zero-order chi connectivity index (χ0) is 17.8. The van der Waals surface area contributed by atoms with Crippen LogP contribution in [0.1, 0.15) is 0 Å². The van der Waals surface area contributed by atoms with Gasteiger partial charge >= 0.3 is 12.0 Å². The number of benzene rings is 2. The second kappa shape index (κ2) is 6.88. The highest BCUT2D eigenvalue weighted by atomic mass is 19.4. The fourth-order valence-corrected chi connectivity index (χ4v) is 1.78. The summed E-state index contributed by atoms with van der Waals surface area (Å²) in [6.07, 6.45) is -5.50. The Kier molecular flexibility index (Phi) is 5.08. The van der Waals surface area contributed by atoms with Crippen molar-refractivity contribution in [1.29, 1.82) is 0 Å². The van der Waals surface area contributed by atoms with Crippen LogP contribution >= 0.6 is 0 Å². The van der Waals surface area contributed by atoms with Crippen molar-refractivity contribution in [3.63, 3.8) is 0 Å². The summed E-state index contributed by atoms with van der Waals surface area (Å²) in [5, 5.41) is 1.82. The topological polar surface area (TPSA) is 47.6 Å². The van der Waals surface area contributed by atoms with Crippen LogP contribution in [-0.2, 0) is 9.53 Å². The van der Waals surface area contributed by atoms with E-state index in [1.54, 1.807) is 24.3 Å². The number of halogens is 4. The molecule has 4 nitrogen and oxygen atoms in total. The number of ether oxygens (including phenoxy) is 2. The molecule has 0 heterocycles. The summed E-state index contributed by atoms with van der Waals surface area (Å²) >= 11 is 0. The number of rotatable bonds is 5. The van der Waals surface area contributed by atoms with E-state index in [0.29, 0.717) is 18.6 Å². The molecule has 1 atom stereocenters. The lowest BCUT2D eigenvalue weighted by Gasteiger charge is -2.24. The van der Waals surface area contributed by atoms with E-state index < -0.39 is 17.9 Å². The largest absolute Gasteiger partial charge is 0.458 e. The van der Waals surface area contributed by atoms with Crippen LogP contribution in [0.25, 0.3) is 0 Å². The highest BCUT2D eigenvalue weighted by Gasteiger charge is 2.63. The molecule has 0 aliphatic heterocycles. The number of hydrogen-bond donors (Lipinski definition) is 1. The van der Waals surface area contributed by atoms with Crippen molar-refractivity contribution in [2.45, 2.75) is 12.0 Å². The van der Waals surface area contributed by atoms with E-state index >= 15 is 0 Å². The number of amides is 1. The van der Waals surface area contributed by atoms with Gasteiger partial charge in [-0.25, -0.2) is 0 Å². The lowest BCUT2D eigenvalue weighted by atomic mass is 10.2. The maximum absolute atomic E-state index is 13.7. The first-order chi connectivity index (χ1) is 11.3. The minimum Gasteiger partial charge on any atom is -0.457 e. The molecule has 24 heavy (non-hydrogen) atoms. The van der Waals surface area contributed by atoms with E-state index in [2.05, 4.69) is 4.74 Å². The van der Waals surface area contributed by atoms with Gasteiger partial charge in [0.1, 0.15) is 11.5 Å². The normalized spacial score (nSPS) is 13.9. The molecule has 0 unspecified atom stereocenters. The molecule has 0 saturated heterocycles. The van der Waals surface area contributed by atoms with Gasteiger partial charge in [-0.3, -0.25) is 4.79 Å². The predicted octanol–water partition coefficient (Wildman–Crippen LogP) is 4.29. The Labute approximate surface area is 135 Å². The fourth-order valence-electron chi connectivity index (χ4n) is 1.78. The first kappa shape index (κ1) is 17.7. The summed E-state index contributed by atoms with van der Waals surface area (Å²) in [5.74, 6) is -5.43. The Balaban J connectivity index is 2.07. The van der Waals surface area contributed by atoms with Crippen LogP contribution in [0.3, 0.4) is 0 Å². The summed E-state index contributed by atoms with van der Waals surface area (Å²) < 4.78 is 60.6. The quantitative estimate of drug-likeness (QED) is 0.824. The standard InChI is InChI=1S/C16H13F4NO3/c1-23-15(17,16(18,19)20)14(22)21-11-7-9-13(10-8-11)24-12-5-3-2-4-6-12/h2-10H,1H3,(H,21,22)/t15-/m1/s1. The Morgan fingerprint density at radius 3 is 1.96 bits per heavy atom. The predicted molar refractivity (Wildman–Crippen MR) is 78.5 cm³/mol. The smallest absolute Gasteiger partial charge is 0.457 e. The number of hydrogen-bond acceptors (Lipinski definition) is 3. The van der Waals surface area contributed by atoms with E-state index in [9.17, 15) is 22.4 Å². The fraction of sp³-hybridized carbons (Fsp3) is 0.188. The molecule has 1 N–H and O–H groups in total. The van der Waals surface area contributed by atoms with Crippen molar-refractivity contribution < 1.29 is 31.8 Å². The van der Waals surface area contributed by atoms with E-state index in [1.807, 2.05) is 11.4 Å². The van der Waals surface area contributed by atoms with Crippen molar-refractivity contribution in [1.82, 2.24) is 0 Å². The lowest BCUT2D eigenvalue weighted by molar-refractivity contribution is -0.305. The molecule has 128 valence electrons. The number of anilines is 1. The van der Waals surface area contributed by atoms with Gasteiger partial charge < -0.3 is 14.8 Å².